The lowest BCUT2D eigenvalue weighted by Gasteiger charge is -2.20. The highest BCUT2D eigenvalue weighted by atomic mass is 79.9. The summed E-state index contributed by atoms with van der Waals surface area (Å²) in [6, 6.07) is 6.13. The Hall–Kier alpha value is -1.04. The summed E-state index contributed by atoms with van der Waals surface area (Å²) in [5, 5.41) is 7.53. The second-order valence-corrected chi connectivity index (χ2v) is 5.64. The second kappa shape index (κ2) is 6.41. The molecule has 1 N–H and O–H groups in total. The maximum atomic E-state index is 5.48. The minimum absolute atomic E-state index is 0.0863. The van der Waals surface area contributed by atoms with Gasteiger partial charge in [0.1, 0.15) is 11.5 Å². The first kappa shape index (κ1) is 14.4. The lowest BCUT2D eigenvalue weighted by molar-refractivity contribution is 0.393. The molecule has 0 saturated carbocycles. The minimum atomic E-state index is 0.0863. The number of thiophene rings is 1. The molecule has 0 fully saturated rings. The molecule has 1 aromatic heterocycles. The van der Waals surface area contributed by atoms with Crippen molar-refractivity contribution in [2.75, 3.05) is 21.3 Å². The molecule has 19 heavy (non-hydrogen) atoms. The van der Waals surface area contributed by atoms with E-state index >= 15 is 0 Å². The molecule has 1 unspecified atom stereocenters. The summed E-state index contributed by atoms with van der Waals surface area (Å²) in [5.41, 5.74) is 2.28. The molecule has 2 aromatic rings. The van der Waals surface area contributed by atoms with Crippen LogP contribution in [-0.2, 0) is 0 Å². The molecule has 1 aromatic carbocycles. The van der Waals surface area contributed by atoms with Crippen molar-refractivity contribution >= 4 is 27.3 Å². The molecule has 0 bridgehead atoms. The van der Waals surface area contributed by atoms with Crippen LogP contribution in [0, 0.1) is 0 Å². The van der Waals surface area contributed by atoms with E-state index in [0.717, 1.165) is 21.5 Å². The molecule has 2 rings (SSSR count). The SMILES string of the molecule is CNC(c1ccsc1)c1cc(OC)c(Br)cc1OC. The first-order valence-electron chi connectivity index (χ1n) is 5.82. The topological polar surface area (TPSA) is 30.5 Å². The zero-order chi connectivity index (χ0) is 13.8. The zero-order valence-corrected chi connectivity index (χ0v) is 13.5. The average molecular weight is 342 g/mol. The fourth-order valence-corrected chi connectivity index (χ4v) is 3.22. The Morgan fingerprint density at radius 1 is 1.21 bits per heavy atom. The van der Waals surface area contributed by atoms with Crippen LogP contribution >= 0.6 is 27.3 Å². The first-order valence-corrected chi connectivity index (χ1v) is 7.55. The van der Waals surface area contributed by atoms with E-state index in [9.17, 15) is 0 Å². The van der Waals surface area contributed by atoms with Crippen molar-refractivity contribution in [1.82, 2.24) is 5.32 Å². The molecular weight excluding hydrogens is 326 g/mol. The second-order valence-electron chi connectivity index (χ2n) is 4.01. The van der Waals surface area contributed by atoms with Crippen LogP contribution in [0.25, 0.3) is 0 Å². The smallest absolute Gasteiger partial charge is 0.133 e. The zero-order valence-electron chi connectivity index (χ0n) is 11.1. The van der Waals surface area contributed by atoms with Crippen LogP contribution in [0.2, 0.25) is 0 Å². The summed E-state index contributed by atoms with van der Waals surface area (Å²) < 4.78 is 11.7. The summed E-state index contributed by atoms with van der Waals surface area (Å²) in [5.74, 6) is 1.63. The number of rotatable bonds is 5. The van der Waals surface area contributed by atoms with Gasteiger partial charge in [0.25, 0.3) is 0 Å². The standard InChI is InChI=1S/C14H16BrNO2S/c1-16-14(9-4-5-19-8-9)10-6-13(18-3)11(15)7-12(10)17-2/h4-8,14,16H,1-3H3. The highest BCUT2D eigenvalue weighted by Gasteiger charge is 2.19. The van der Waals surface area contributed by atoms with E-state index in [1.54, 1.807) is 25.6 Å². The van der Waals surface area contributed by atoms with Gasteiger partial charge in [0, 0.05) is 5.56 Å². The third kappa shape index (κ3) is 2.94. The molecular formula is C14H16BrNO2S. The van der Waals surface area contributed by atoms with E-state index in [-0.39, 0.29) is 6.04 Å². The van der Waals surface area contributed by atoms with Crippen LogP contribution in [0.1, 0.15) is 17.2 Å². The Balaban J connectivity index is 2.52. The fraction of sp³-hybridized carbons (Fsp3) is 0.286. The summed E-state index contributed by atoms with van der Waals surface area (Å²) >= 11 is 5.16. The molecule has 1 atom stereocenters. The van der Waals surface area contributed by atoms with Gasteiger partial charge < -0.3 is 14.8 Å². The Morgan fingerprint density at radius 3 is 2.47 bits per heavy atom. The van der Waals surface area contributed by atoms with Gasteiger partial charge in [0.2, 0.25) is 0 Å². The predicted molar refractivity (Wildman–Crippen MR) is 82.5 cm³/mol. The third-order valence-corrected chi connectivity index (χ3v) is 4.30. The van der Waals surface area contributed by atoms with Crippen molar-refractivity contribution in [3.8, 4) is 11.5 Å². The molecule has 0 saturated heterocycles. The summed E-state index contributed by atoms with van der Waals surface area (Å²) in [7, 11) is 5.28. The van der Waals surface area contributed by atoms with Crippen LogP contribution in [0.3, 0.4) is 0 Å². The summed E-state index contributed by atoms with van der Waals surface area (Å²) in [6.07, 6.45) is 0. The summed E-state index contributed by atoms with van der Waals surface area (Å²) in [6.45, 7) is 0. The van der Waals surface area contributed by atoms with Crippen molar-refractivity contribution in [2.24, 2.45) is 0 Å². The largest absolute Gasteiger partial charge is 0.496 e. The van der Waals surface area contributed by atoms with Crippen LogP contribution in [0.4, 0.5) is 0 Å². The normalized spacial score (nSPS) is 12.2. The van der Waals surface area contributed by atoms with Crippen LogP contribution in [-0.4, -0.2) is 21.3 Å². The third-order valence-electron chi connectivity index (χ3n) is 2.98. The fourth-order valence-electron chi connectivity index (χ4n) is 2.05. The van der Waals surface area contributed by atoms with Crippen molar-refractivity contribution < 1.29 is 9.47 Å². The van der Waals surface area contributed by atoms with Crippen molar-refractivity contribution in [3.63, 3.8) is 0 Å². The average Bonchev–Trinajstić information content (AvgIpc) is 2.94. The van der Waals surface area contributed by atoms with Crippen LogP contribution in [0.15, 0.2) is 33.4 Å². The Labute approximate surface area is 125 Å². The van der Waals surface area contributed by atoms with Gasteiger partial charge in [-0.25, -0.2) is 0 Å². The molecule has 102 valence electrons. The number of benzene rings is 1. The van der Waals surface area contributed by atoms with Crippen LogP contribution < -0.4 is 14.8 Å². The molecule has 5 heteroatoms. The maximum absolute atomic E-state index is 5.48. The number of hydrogen-bond acceptors (Lipinski definition) is 4. The van der Waals surface area contributed by atoms with E-state index in [2.05, 4.69) is 38.1 Å². The molecule has 0 amide bonds. The van der Waals surface area contributed by atoms with Gasteiger partial charge in [-0.2, -0.15) is 11.3 Å². The highest BCUT2D eigenvalue weighted by molar-refractivity contribution is 9.10. The van der Waals surface area contributed by atoms with Gasteiger partial charge in [0.15, 0.2) is 0 Å². The van der Waals surface area contributed by atoms with E-state index in [1.165, 1.54) is 5.56 Å². The van der Waals surface area contributed by atoms with Gasteiger partial charge in [-0.3, -0.25) is 0 Å². The van der Waals surface area contributed by atoms with Gasteiger partial charge in [-0.05, 0) is 57.5 Å². The van der Waals surface area contributed by atoms with E-state index in [4.69, 9.17) is 9.47 Å². The maximum Gasteiger partial charge on any atom is 0.133 e. The molecule has 0 spiro atoms. The van der Waals surface area contributed by atoms with E-state index < -0.39 is 0 Å². The van der Waals surface area contributed by atoms with Gasteiger partial charge >= 0.3 is 0 Å². The lowest BCUT2D eigenvalue weighted by atomic mass is 10.00. The molecule has 0 aliphatic heterocycles. The monoisotopic (exact) mass is 341 g/mol. The van der Waals surface area contributed by atoms with Gasteiger partial charge in [0.05, 0.1) is 24.7 Å². The summed E-state index contributed by atoms with van der Waals surface area (Å²) in [4.78, 5) is 0. The highest BCUT2D eigenvalue weighted by Crippen LogP contribution is 2.38. The molecule has 3 nitrogen and oxygen atoms in total. The minimum Gasteiger partial charge on any atom is -0.496 e. The lowest BCUT2D eigenvalue weighted by Crippen LogP contribution is -2.18. The van der Waals surface area contributed by atoms with E-state index in [0.29, 0.717) is 0 Å². The van der Waals surface area contributed by atoms with Gasteiger partial charge in [-0.15, -0.1) is 0 Å². The van der Waals surface area contributed by atoms with Crippen LogP contribution in [0.5, 0.6) is 11.5 Å². The molecule has 1 heterocycles. The van der Waals surface area contributed by atoms with Crippen molar-refractivity contribution in [3.05, 3.63) is 44.6 Å². The molecule has 0 aliphatic carbocycles. The van der Waals surface area contributed by atoms with Crippen molar-refractivity contribution in [1.29, 1.82) is 0 Å². The predicted octanol–water partition coefficient (Wildman–Crippen LogP) is 3.84. The number of methoxy groups -OCH3 is 2. The Morgan fingerprint density at radius 2 is 1.95 bits per heavy atom. The molecule has 0 aliphatic rings. The number of nitrogens with one attached hydrogen (secondary N) is 1. The Kier molecular flexibility index (Phi) is 4.85. The van der Waals surface area contributed by atoms with E-state index in [1.807, 2.05) is 19.2 Å². The van der Waals surface area contributed by atoms with Crippen molar-refractivity contribution in [2.45, 2.75) is 6.04 Å². The number of hydrogen-bond donors (Lipinski definition) is 1. The number of ether oxygens (including phenoxy) is 2. The molecule has 0 radical (unpaired) electrons. The first-order chi connectivity index (χ1) is 9.21. The quantitative estimate of drug-likeness (QED) is 0.896. The number of halogens is 1. The van der Waals surface area contributed by atoms with Gasteiger partial charge in [-0.1, -0.05) is 0 Å². The Bertz CT molecular complexity index is 543.